The summed E-state index contributed by atoms with van der Waals surface area (Å²) in [5.74, 6) is -3.60. The topological polar surface area (TPSA) is 74.6 Å². The lowest BCUT2D eigenvalue weighted by atomic mass is 10.2. The van der Waals surface area contributed by atoms with Gasteiger partial charge < -0.3 is 10.2 Å². The Morgan fingerprint density at radius 1 is 1.33 bits per heavy atom. The Hall–Kier alpha value is -1.06. The standard InChI is InChI=1S/C5H8O4/c6-4(7)2-1-3-5(8)9/h1-3H2,(H,6,7)(H,8,9)/i1D2,2D2. The molecular weight excluding hydrogens is 124 g/mol. The molecular formula is C5H8O4. The Balaban J connectivity index is 4.80. The minimum absolute atomic E-state index is 1.19. The Bertz CT molecular complexity index is 237. The van der Waals surface area contributed by atoms with E-state index in [4.69, 9.17) is 15.7 Å². The SMILES string of the molecule is [2H]C([2H])(CC(=O)O)C([2H])([2H])C(=O)O. The first-order valence-electron chi connectivity index (χ1n) is 4.06. The number of hydrogen-bond donors (Lipinski definition) is 2. The molecule has 0 aromatic carbocycles. The van der Waals surface area contributed by atoms with E-state index < -0.39 is 31.1 Å². The molecule has 4 nitrogen and oxygen atoms in total. The molecule has 4 heteroatoms. The van der Waals surface area contributed by atoms with Gasteiger partial charge in [0.05, 0.1) is 0 Å². The van der Waals surface area contributed by atoms with Crippen molar-refractivity contribution in [2.24, 2.45) is 0 Å². The summed E-state index contributed by atoms with van der Waals surface area (Å²) in [6, 6.07) is 0. The zero-order valence-corrected chi connectivity index (χ0v) is 4.42. The van der Waals surface area contributed by atoms with Gasteiger partial charge in [-0.25, -0.2) is 0 Å². The van der Waals surface area contributed by atoms with Crippen LogP contribution in [0.5, 0.6) is 0 Å². The molecule has 0 fully saturated rings. The molecule has 9 heavy (non-hydrogen) atoms. The predicted octanol–water partition coefficient (Wildman–Crippen LogP) is 0.326. The Labute approximate surface area is 57.7 Å². The summed E-state index contributed by atoms with van der Waals surface area (Å²) in [5.41, 5.74) is 0. The van der Waals surface area contributed by atoms with Gasteiger partial charge in [0, 0.05) is 18.3 Å². The van der Waals surface area contributed by atoms with Crippen molar-refractivity contribution in [3.05, 3.63) is 0 Å². The summed E-state index contributed by atoms with van der Waals surface area (Å²) in [4.78, 5) is 20.3. The molecule has 52 valence electrons. The van der Waals surface area contributed by atoms with Crippen LogP contribution in [-0.4, -0.2) is 22.2 Å². The van der Waals surface area contributed by atoms with Crippen LogP contribution in [0.4, 0.5) is 0 Å². The van der Waals surface area contributed by atoms with Crippen molar-refractivity contribution in [3.8, 4) is 0 Å². The highest BCUT2D eigenvalue weighted by Gasteiger charge is 1.99. The third-order valence-electron chi connectivity index (χ3n) is 0.435. The second-order valence-electron chi connectivity index (χ2n) is 1.18. The molecule has 0 aromatic heterocycles. The monoisotopic (exact) mass is 136 g/mol. The van der Waals surface area contributed by atoms with Crippen molar-refractivity contribution in [2.45, 2.75) is 19.2 Å². The van der Waals surface area contributed by atoms with Crippen molar-refractivity contribution in [2.75, 3.05) is 0 Å². The fraction of sp³-hybridized carbons (Fsp3) is 0.600. The lowest BCUT2D eigenvalue weighted by Crippen LogP contribution is -1.98. The molecule has 2 N–H and O–H groups in total. The Kier molecular flexibility index (Phi) is 1.38. The third kappa shape index (κ3) is 6.94. The van der Waals surface area contributed by atoms with Crippen molar-refractivity contribution in [1.82, 2.24) is 0 Å². The van der Waals surface area contributed by atoms with Gasteiger partial charge in [-0.05, 0) is 6.37 Å². The second-order valence-corrected chi connectivity index (χ2v) is 1.18. The number of carboxylic acids is 2. The molecule has 0 bridgehead atoms. The summed E-state index contributed by atoms with van der Waals surface area (Å²) >= 11 is 0. The van der Waals surface area contributed by atoms with E-state index in [9.17, 15) is 9.59 Å². The van der Waals surface area contributed by atoms with E-state index in [1.807, 2.05) is 0 Å². The summed E-state index contributed by atoms with van der Waals surface area (Å²) < 4.78 is 27.5. The van der Waals surface area contributed by atoms with Gasteiger partial charge >= 0.3 is 11.9 Å². The van der Waals surface area contributed by atoms with E-state index in [1.165, 1.54) is 0 Å². The van der Waals surface area contributed by atoms with Crippen LogP contribution >= 0.6 is 0 Å². The van der Waals surface area contributed by atoms with Crippen LogP contribution < -0.4 is 0 Å². The minimum Gasteiger partial charge on any atom is -0.481 e. The molecule has 0 heterocycles. The molecule has 0 aliphatic heterocycles. The normalized spacial score (nSPS) is 18.7. The van der Waals surface area contributed by atoms with Gasteiger partial charge in [-0.3, -0.25) is 9.59 Å². The highest BCUT2D eigenvalue weighted by atomic mass is 16.4. The van der Waals surface area contributed by atoms with Crippen LogP contribution in [0.25, 0.3) is 0 Å². The lowest BCUT2D eigenvalue weighted by Gasteiger charge is -1.89. The van der Waals surface area contributed by atoms with Crippen LogP contribution in [0, 0.1) is 0 Å². The molecule has 0 rings (SSSR count). The average molecular weight is 136 g/mol. The molecule has 0 spiro atoms. The lowest BCUT2D eigenvalue weighted by molar-refractivity contribution is -0.138. The van der Waals surface area contributed by atoms with Gasteiger partial charge in [0.15, 0.2) is 0 Å². The number of carbonyl (C=O) groups is 2. The van der Waals surface area contributed by atoms with Gasteiger partial charge in [-0.2, -0.15) is 0 Å². The van der Waals surface area contributed by atoms with E-state index >= 15 is 0 Å². The first-order valence-corrected chi connectivity index (χ1v) is 2.06. The van der Waals surface area contributed by atoms with Gasteiger partial charge in [0.25, 0.3) is 0 Å². The van der Waals surface area contributed by atoms with Crippen LogP contribution in [0.3, 0.4) is 0 Å². The maximum atomic E-state index is 10.2. The molecule has 0 aromatic rings. The molecule has 0 saturated heterocycles. The second kappa shape index (κ2) is 3.88. The molecule has 0 aliphatic rings. The fourth-order valence-electron chi connectivity index (χ4n) is 0.195. The van der Waals surface area contributed by atoms with Crippen molar-refractivity contribution in [3.63, 3.8) is 0 Å². The maximum Gasteiger partial charge on any atom is 0.303 e. The predicted molar refractivity (Wildman–Crippen MR) is 29.1 cm³/mol. The number of hydrogen-bond acceptors (Lipinski definition) is 2. The average Bonchev–Trinajstić information content (AvgIpc) is 1.83. The van der Waals surface area contributed by atoms with Crippen LogP contribution in [0.15, 0.2) is 0 Å². The van der Waals surface area contributed by atoms with Crippen LogP contribution in [-0.2, 0) is 9.59 Å². The van der Waals surface area contributed by atoms with Gasteiger partial charge in [-0.15, -0.1) is 0 Å². The van der Waals surface area contributed by atoms with Gasteiger partial charge in [0.1, 0.15) is 0 Å². The highest BCUT2D eigenvalue weighted by molar-refractivity contribution is 5.69. The van der Waals surface area contributed by atoms with E-state index in [-0.39, 0.29) is 0 Å². The minimum atomic E-state index is -3.20. The van der Waals surface area contributed by atoms with Crippen molar-refractivity contribution < 1.29 is 25.3 Å². The van der Waals surface area contributed by atoms with E-state index in [2.05, 4.69) is 0 Å². The molecule has 0 radical (unpaired) electrons. The van der Waals surface area contributed by atoms with Gasteiger partial charge in [-0.1, -0.05) is 0 Å². The van der Waals surface area contributed by atoms with Gasteiger partial charge in [0.2, 0.25) is 0 Å². The first kappa shape index (κ1) is 3.20. The molecule has 0 atom stereocenters. The summed E-state index contributed by atoms with van der Waals surface area (Å²) in [6.45, 7) is 0. The molecule has 0 saturated carbocycles. The Morgan fingerprint density at radius 2 is 1.89 bits per heavy atom. The quantitative estimate of drug-likeness (QED) is 0.583. The van der Waals surface area contributed by atoms with E-state index in [0.29, 0.717) is 0 Å². The molecule has 0 amide bonds. The highest BCUT2D eigenvalue weighted by Crippen LogP contribution is 1.93. The van der Waals surface area contributed by atoms with Crippen LogP contribution in [0.2, 0.25) is 0 Å². The Morgan fingerprint density at radius 3 is 2.22 bits per heavy atom. The van der Waals surface area contributed by atoms with Crippen molar-refractivity contribution in [1.29, 1.82) is 0 Å². The molecule has 0 aliphatic carbocycles. The largest absolute Gasteiger partial charge is 0.481 e. The fourth-order valence-corrected chi connectivity index (χ4v) is 0.195. The summed E-state index contributed by atoms with van der Waals surface area (Å²) in [7, 11) is 0. The zero-order valence-electron chi connectivity index (χ0n) is 8.42. The zero-order chi connectivity index (χ0) is 10.9. The smallest absolute Gasteiger partial charge is 0.303 e. The van der Waals surface area contributed by atoms with E-state index in [1.54, 1.807) is 0 Å². The van der Waals surface area contributed by atoms with Crippen molar-refractivity contribution >= 4 is 11.9 Å². The summed E-state index contributed by atoms with van der Waals surface area (Å²) in [6.07, 6.45) is -7.32. The summed E-state index contributed by atoms with van der Waals surface area (Å²) in [5, 5.41) is 16.5. The number of rotatable bonds is 4. The number of carboxylic acid groups (broad SMARTS) is 2. The molecule has 0 unspecified atom stereocenters. The van der Waals surface area contributed by atoms with E-state index in [0.717, 1.165) is 0 Å². The maximum absolute atomic E-state index is 10.2. The first-order chi connectivity index (χ1) is 5.61. The van der Waals surface area contributed by atoms with Crippen LogP contribution in [0.1, 0.15) is 24.6 Å². The number of aliphatic carboxylic acids is 2. The third-order valence-corrected chi connectivity index (χ3v) is 0.435.